The summed E-state index contributed by atoms with van der Waals surface area (Å²) in [5.41, 5.74) is 1.94. The molecule has 3 aromatic rings. The molecule has 132 valence electrons. The van der Waals surface area contributed by atoms with Gasteiger partial charge in [0.2, 0.25) is 0 Å². The van der Waals surface area contributed by atoms with Gasteiger partial charge in [-0.1, -0.05) is 48.5 Å². The maximum absolute atomic E-state index is 12.3. The topological polar surface area (TPSA) is 26.3 Å². The zero-order valence-corrected chi connectivity index (χ0v) is 14.6. The summed E-state index contributed by atoms with van der Waals surface area (Å²) in [6.07, 6.45) is 3.94. The average molecular weight is 370 g/mol. The normalized spacial score (nSPS) is 11.2. The highest BCUT2D eigenvalue weighted by Gasteiger charge is 2.07. The molecule has 2 nitrogen and oxygen atoms in total. The zero-order chi connectivity index (χ0) is 18.4. The van der Waals surface area contributed by atoms with E-state index in [0.717, 1.165) is 16.9 Å². The number of ether oxygens (including phenoxy) is 1. The summed E-state index contributed by atoms with van der Waals surface area (Å²) < 4.78 is 28.5. The lowest BCUT2D eigenvalue weighted by Crippen LogP contribution is -2.01. The molecule has 0 aliphatic heterocycles. The Morgan fingerprint density at radius 1 is 1.00 bits per heavy atom. The molecular formula is C21H16F2O2S. The Labute approximate surface area is 154 Å². The molecule has 0 bridgehead atoms. The second-order valence-electron chi connectivity index (χ2n) is 5.57. The van der Waals surface area contributed by atoms with E-state index in [0.29, 0.717) is 4.88 Å². The van der Waals surface area contributed by atoms with Crippen LogP contribution in [0.5, 0.6) is 5.75 Å². The molecular weight excluding hydrogens is 354 g/mol. The maximum atomic E-state index is 12.3. The molecule has 0 amide bonds. The summed E-state index contributed by atoms with van der Waals surface area (Å²) in [6.45, 7) is -2.85. The van der Waals surface area contributed by atoms with Crippen molar-refractivity contribution >= 4 is 23.2 Å². The van der Waals surface area contributed by atoms with Crippen molar-refractivity contribution in [3.63, 3.8) is 0 Å². The molecule has 5 heteroatoms. The van der Waals surface area contributed by atoms with Gasteiger partial charge in [0.15, 0.2) is 5.78 Å². The lowest BCUT2D eigenvalue weighted by Gasteiger charge is -2.03. The first-order chi connectivity index (χ1) is 12.6. The Bertz CT molecular complexity index is 884. The summed E-state index contributed by atoms with van der Waals surface area (Å²) in [5.74, 6) is 0.00880. The standard InChI is InChI=1S/C21H16F2O2S/c22-21(23)25-17-9-6-15(7-10-17)8-12-19(24)20-13-11-18(26-20)14-16-4-2-1-3-5-16/h1-13,21H,14H2/b12-8+. The second-order valence-corrected chi connectivity index (χ2v) is 6.74. The number of benzene rings is 2. The minimum Gasteiger partial charge on any atom is -0.435 e. The molecule has 0 saturated carbocycles. The van der Waals surface area contributed by atoms with Gasteiger partial charge in [0, 0.05) is 11.3 Å². The van der Waals surface area contributed by atoms with Gasteiger partial charge >= 0.3 is 6.61 Å². The molecule has 2 aromatic carbocycles. The van der Waals surface area contributed by atoms with E-state index >= 15 is 0 Å². The zero-order valence-electron chi connectivity index (χ0n) is 13.8. The molecule has 0 N–H and O–H groups in total. The maximum Gasteiger partial charge on any atom is 0.387 e. The molecule has 3 rings (SSSR count). The van der Waals surface area contributed by atoms with Crippen LogP contribution in [0, 0.1) is 0 Å². The summed E-state index contributed by atoms with van der Waals surface area (Å²) >= 11 is 1.48. The van der Waals surface area contributed by atoms with Crippen molar-refractivity contribution in [3.8, 4) is 5.75 Å². The number of alkyl halides is 2. The molecule has 26 heavy (non-hydrogen) atoms. The predicted octanol–water partition coefficient (Wildman–Crippen LogP) is 5.84. The quantitative estimate of drug-likeness (QED) is 0.386. The summed E-state index contributed by atoms with van der Waals surface area (Å²) in [5, 5.41) is 0. The molecule has 0 radical (unpaired) electrons. The Morgan fingerprint density at radius 3 is 2.42 bits per heavy atom. The number of rotatable bonds is 7. The molecule has 0 atom stereocenters. The van der Waals surface area contributed by atoms with Crippen LogP contribution in [0.1, 0.15) is 25.7 Å². The van der Waals surface area contributed by atoms with Crippen molar-refractivity contribution in [2.75, 3.05) is 0 Å². The van der Waals surface area contributed by atoms with Gasteiger partial charge in [-0.25, -0.2) is 0 Å². The van der Waals surface area contributed by atoms with Gasteiger partial charge in [0.1, 0.15) is 5.75 Å². The van der Waals surface area contributed by atoms with Crippen LogP contribution in [0.3, 0.4) is 0 Å². The fourth-order valence-electron chi connectivity index (χ4n) is 2.42. The lowest BCUT2D eigenvalue weighted by atomic mass is 10.1. The molecule has 0 unspecified atom stereocenters. The third-order valence-electron chi connectivity index (χ3n) is 3.66. The number of ketones is 1. The minimum atomic E-state index is -2.85. The molecule has 1 aromatic heterocycles. The first kappa shape index (κ1) is 18.0. The van der Waals surface area contributed by atoms with Crippen LogP contribution in [0.15, 0.2) is 72.8 Å². The van der Waals surface area contributed by atoms with Crippen LogP contribution < -0.4 is 4.74 Å². The fourth-order valence-corrected chi connectivity index (χ4v) is 3.38. The molecule has 0 saturated heterocycles. The SMILES string of the molecule is O=C(/C=C/c1ccc(OC(F)F)cc1)c1ccc(Cc2ccccc2)s1. The monoisotopic (exact) mass is 370 g/mol. The number of hydrogen-bond donors (Lipinski definition) is 0. The number of hydrogen-bond acceptors (Lipinski definition) is 3. The van der Waals surface area contributed by atoms with Crippen LogP contribution in [0.25, 0.3) is 6.08 Å². The van der Waals surface area contributed by atoms with Crippen molar-refractivity contribution in [2.24, 2.45) is 0 Å². The van der Waals surface area contributed by atoms with E-state index in [4.69, 9.17) is 0 Å². The molecule has 0 spiro atoms. The Hall–Kier alpha value is -2.79. The number of carbonyl (C=O) groups is 1. The van der Waals surface area contributed by atoms with Gasteiger partial charge in [0.05, 0.1) is 4.88 Å². The summed E-state index contributed by atoms with van der Waals surface area (Å²) in [7, 11) is 0. The van der Waals surface area contributed by atoms with Gasteiger partial charge < -0.3 is 4.74 Å². The first-order valence-electron chi connectivity index (χ1n) is 8.00. The average Bonchev–Trinajstić information content (AvgIpc) is 3.10. The van der Waals surface area contributed by atoms with Crippen LogP contribution in [-0.4, -0.2) is 12.4 Å². The molecule has 0 fully saturated rings. The van der Waals surface area contributed by atoms with Crippen LogP contribution in [-0.2, 0) is 6.42 Å². The highest BCUT2D eigenvalue weighted by molar-refractivity contribution is 7.14. The summed E-state index contributed by atoms with van der Waals surface area (Å²) in [4.78, 5) is 14.1. The minimum absolute atomic E-state index is 0.0813. The number of halogens is 2. The van der Waals surface area contributed by atoms with E-state index in [1.54, 1.807) is 18.2 Å². The van der Waals surface area contributed by atoms with Gasteiger partial charge in [-0.3, -0.25) is 4.79 Å². The van der Waals surface area contributed by atoms with E-state index < -0.39 is 6.61 Å². The number of allylic oxidation sites excluding steroid dienone is 1. The first-order valence-corrected chi connectivity index (χ1v) is 8.82. The second kappa shape index (κ2) is 8.54. The molecule has 1 heterocycles. The highest BCUT2D eigenvalue weighted by Crippen LogP contribution is 2.21. The van der Waals surface area contributed by atoms with Crippen LogP contribution >= 0.6 is 11.3 Å². The van der Waals surface area contributed by atoms with E-state index in [2.05, 4.69) is 16.9 Å². The van der Waals surface area contributed by atoms with Crippen molar-refractivity contribution in [1.82, 2.24) is 0 Å². The number of carbonyl (C=O) groups excluding carboxylic acids is 1. The van der Waals surface area contributed by atoms with Gasteiger partial charge in [-0.2, -0.15) is 8.78 Å². The Balaban J connectivity index is 1.62. The number of thiophene rings is 1. The van der Waals surface area contributed by atoms with Gasteiger partial charge in [0.25, 0.3) is 0 Å². The van der Waals surface area contributed by atoms with Crippen molar-refractivity contribution in [2.45, 2.75) is 13.0 Å². The highest BCUT2D eigenvalue weighted by atomic mass is 32.1. The van der Waals surface area contributed by atoms with Gasteiger partial charge in [-0.15, -0.1) is 11.3 Å². The van der Waals surface area contributed by atoms with E-state index in [9.17, 15) is 13.6 Å². The third kappa shape index (κ3) is 5.10. The lowest BCUT2D eigenvalue weighted by molar-refractivity contribution is -0.0498. The van der Waals surface area contributed by atoms with Crippen molar-refractivity contribution in [1.29, 1.82) is 0 Å². The van der Waals surface area contributed by atoms with E-state index in [1.807, 2.05) is 30.3 Å². The van der Waals surface area contributed by atoms with E-state index in [-0.39, 0.29) is 11.5 Å². The smallest absolute Gasteiger partial charge is 0.387 e. The fraction of sp³-hybridized carbons (Fsp3) is 0.0952. The van der Waals surface area contributed by atoms with Crippen LogP contribution in [0.4, 0.5) is 8.78 Å². The third-order valence-corrected chi connectivity index (χ3v) is 4.76. The molecule has 0 aliphatic rings. The largest absolute Gasteiger partial charge is 0.435 e. The van der Waals surface area contributed by atoms with Crippen LogP contribution in [0.2, 0.25) is 0 Å². The summed E-state index contributed by atoms with van der Waals surface area (Å²) in [6, 6.07) is 20.0. The van der Waals surface area contributed by atoms with Crippen molar-refractivity contribution in [3.05, 3.63) is 93.7 Å². The Morgan fingerprint density at radius 2 is 1.73 bits per heavy atom. The predicted molar refractivity (Wildman–Crippen MR) is 100 cm³/mol. The van der Waals surface area contributed by atoms with E-state index in [1.165, 1.54) is 35.1 Å². The molecule has 0 aliphatic carbocycles. The van der Waals surface area contributed by atoms with Crippen molar-refractivity contribution < 1.29 is 18.3 Å². The Kier molecular flexibility index (Phi) is 5.92. The van der Waals surface area contributed by atoms with Gasteiger partial charge in [-0.05, 0) is 41.5 Å².